The van der Waals surface area contributed by atoms with Crippen molar-refractivity contribution in [3.63, 3.8) is 0 Å². The van der Waals surface area contributed by atoms with Crippen molar-refractivity contribution in [3.05, 3.63) is 81.1 Å². The molecule has 1 aliphatic heterocycles. The molecular formula is C23H19ClN2O3S. The fourth-order valence-corrected chi connectivity index (χ4v) is 4.20. The highest BCUT2D eigenvalue weighted by Gasteiger charge is 2.41. The molecule has 2 aromatic carbocycles. The number of rotatable bonds is 6. The Morgan fingerprint density at radius 2 is 1.87 bits per heavy atom. The number of aryl methyl sites for hydroxylation is 1. The SMILES string of the molecule is CCOc1ccccc1N1C(=O)C(Nc2ccc(C)c(Cl)c2)=C(c2cccs2)C1=O. The fourth-order valence-electron chi connectivity index (χ4n) is 3.25. The van der Waals surface area contributed by atoms with Crippen LogP contribution in [0.1, 0.15) is 17.4 Å². The van der Waals surface area contributed by atoms with Crippen LogP contribution in [0.15, 0.2) is 65.7 Å². The van der Waals surface area contributed by atoms with E-state index in [1.54, 1.807) is 30.3 Å². The molecule has 2 heterocycles. The fraction of sp³-hybridized carbons (Fsp3) is 0.130. The molecule has 0 spiro atoms. The van der Waals surface area contributed by atoms with E-state index in [9.17, 15) is 9.59 Å². The van der Waals surface area contributed by atoms with Crippen molar-refractivity contribution in [2.45, 2.75) is 13.8 Å². The van der Waals surface area contributed by atoms with Crippen molar-refractivity contribution < 1.29 is 14.3 Å². The van der Waals surface area contributed by atoms with E-state index in [4.69, 9.17) is 16.3 Å². The lowest BCUT2D eigenvalue weighted by molar-refractivity contribution is -0.120. The molecule has 152 valence electrons. The van der Waals surface area contributed by atoms with E-state index >= 15 is 0 Å². The van der Waals surface area contributed by atoms with Crippen LogP contribution in [0.5, 0.6) is 5.75 Å². The van der Waals surface area contributed by atoms with Gasteiger partial charge in [0.1, 0.15) is 11.4 Å². The summed E-state index contributed by atoms with van der Waals surface area (Å²) in [5.41, 5.74) is 2.53. The highest BCUT2D eigenvalue weighted by molar-refractivity contribution is 7.11. The Labute approximate surface area is 183 Å². The Morgan fingerprint density at radius 1 is 1.07 bits per heavy atom. The first-order chi connectivity index (χ1) is 14.5. The number of carbonyl (C=O) groups is 2. The number of hydrogen-bond donors (Lipinski definition) is 1. The van der Waals surface area contributed by atoms with Gasteiger partial charge in [-0.3, -0.25) is 9.59 Å². The summed E-state index contributed by atoms with van der Waals surface area (Å²) in [5, 5.41) is 5.58. The first-order valence-electron chi connectivity index (χ1n) is 9.43. The average Bonchev–Trinajstić information content (AvgIpc) is 3.33. The van der Waals surface area contributed by atoms with E-state index in [0.29, 0.717) is 39.2 Å². The third kappa shape index (κ3) is 3.60. The number of nitrogens with zero attached hydrogens (tertiary/aromatic N) is 1. The molecule has 1 aromatic heterocycles. The number of imide groups is 1. The minimum Gasteiger partial charge on any atom is -0.492 e. The first kappa shape index (κ1) is 20.2. The second kappa shape index (κ2) is 8.34. The highest BCUT2D eigenvalue weighted by atomic mass is 35.5. The lowest BCUT2D eigenvalue weighted by Gasteiger charge is -2.19. The van der Waals surface area contributed by atoms with Crippen molar-refractivity contribution in [1.82, 2.24) is 0 Å². The number of nitrogens with one attached hydrogen (secondary N) is 1. The lowest BCUT2D eigenvalue weighted by atomic mass is 10.1. The summed E-state index contributed by atoms with van der Waals surface area (Å²) in [5.74, 6) is -0.352. The minimum atomic E-state index is -0.438. The van der Waals surface area contributed by atoms with Crippen molar-refractivity contribution in [2.24, 2.45) is 0 Å². The molecule has 4 rings (SSSR count). The van der Waals surface area contributed by atoms with E-state index in [1.165, 1.54) is 11.3 Å². The first-order valence-corrected chi connectivity index (χ1v) is 10.7. The average molecular weight is 439 g/mol. The minimum absolute atomic E-state index is 0.216. The topological polar surface area (TPSA) is 58.6 Å². The van der Waals surface area contributed by atoms with E-state index in [1.807, 2.05) is 43.5 Å². The number of amides is 2. The quantitative estimate of drug-likeness (QED) is 0.516. The van der Waals surface area contributed by atoms with Crippen LogP contribution >= 0.6 is 22.9 Å². The van der Waals surface area contributed by atoms with E-state index in [-0.39, 0.29) is 5.70 Å². The summed E-state index contributed by atoms with van der Waals surface area (Å²) in [7, 11) is 0. The van der Waals surface area contributed by atoms with E-state index in [2.05, 4.69) is 5.32 Å². The summed E-state index contributed by atoms with van der Waals surface area (Å²) in [6.45, 7) is 4.18. The Kier molecular flexibility index (Phi) is 5.61. The molecule has 5 nitrogen and oxygen atoms in total. The van der Waals surface area contributed by atoms with Gasteiger partial charge in [-0.05, 0) is 55.1 Å². The molecule has 7 heteroatoms. The number of benzene rings is 2. The van der Waals surface area contributed by atoms with Crippen LogP contribution in [0, 0.1) is 6.92 Å². The third-order valence-corrected chi connectivity index (χ3v) is 5.99. The second-order valence-electron chi connectivity index (χ2n) is 6.66. The summed E-state index contributed by atoms with van der Waals surface area (Å²) in [6, 6.07) is 16.1. The van der Waals surface area contributed by atoms with Crippen LogP contribution in [0.4, 0.5) is 11.4 Å². The van der Waals surface area contributed by atoms with Crippen LogP contribution in [0.2, 0.25) is 5.02 Å². The summed E-state index contributed by atoms with van der Waals surface area (Å²) >= 11 is 7.65. The molecule has 0 fully saturated rings. The normalized spacial score (nSPS) is 13.9. The molecule has 2 amide bonds. The smallest absolute Gasteiger partial charge is 0.282 e. The highest BCUT2D eigenvalue weighted by Crippen LogP contribution is 2.39. The van der Waals surface area contributed by atoms with Crippen molar-refractivity contribution in [2.75, 3.05) is 16.8 Å². The number of para-hydroxylation sites is 2. The summed E-state index contributed by atoms with van der Waals surface area (Å²) in [6.07, 6.45) is 0. The molecule has 0 bridgehead atoms. The third-order valence-electron chi connectivity index (χ3n) is 4.70. The number of thiophene rings is 1. The van der Waals surface area contributed by atoms with Gasteiger partial charge >= 0.3 is 0 Å². The summed E-state index contributed by atoms with van der Waals surface area (Å²) in [4.78, 5) is 28.7. The van der Waals surface area contributed by atoms with Crippen molar-refractivity contribution in [1.29, 1.82) is 0 Å². The molecule has 1 aliphatic rings. The second-order valence-corrected chi connectivity index (χ2v) is 8.02. The van der Waals surface area contributed by atoms with Crippen molar-refractivity contribution in [3.8, 4) is 5.75 Å². The van der Waals surface area contributed by atoms with Crippen molar-refractivity contribution >= 4 is 51.7 Å². The maximum absolute atomic E-state index is 13.4. The van der Waals surface area contributed by atoms with Gasteiger partial charge in [-0.25, -0.2) is 4.90 Å². The Bertz CT molecular complexity index is 1160. The number of carbonyl (C=O) groups excluding carboxylic acids is 2. The van der Waals surface area contributed by atoms with Crippen LogP contribution in [0.25, 0.3) is 5.57 Å². The van der Waals surface area contributed by atoms with Crippen LogP contribution in [-0.4, -0.2) is 18.4 Å². The van der Waals surface area contributed by atoms with Crippen LogP contribution in [0.3, 0.4) is 0 Å². The predicted octanol–water partition coefficient (Wildman–Crippen LogP) is 5.51. The van der Waals surface area contributed by atoms with Gasteiger partial charge < -0.3 is 10.1 Å². The number of ether oxygens (including phenoxy) is 1. The van der Waals surface area contributed by atoms with Gasteiger partial charge in [-0.1, -0.05) is 35.9 Å². The number of hydrogen-bond acceptors (Lipinski definition) is 5. The zero-order valence-corrected chi connectivity index (χ0v) is 18.0. The van der Waals surface area contributed by atoms with Crippen LogP contribution < -0.4 is 15.0 Å². The van der Waals surface area contributed by atoms with Gasteiger partial charge in [-0.2, -0.15) is 0 Å². The molecule has 0 radical (unpaired) electrons. The summed E-state index contributed by atoms with van der Waals surface area (Å²) < 4.78 is 5.65. The molecule has 30 heavy (non-hydrogen) atoms. The molecule has 0 saturated carbocycles. The Hall–Kier alpha value is -3.09. The van der Waals surface area contributed by atoms with Gasteiger partial charge in [0, 0.05) is 15.6 Å². The van der Waals surface area contributed by atoms with Gasteiger partial charge in [-0.15, -0.1) is 11.3 Å². The van der Waals surface area contributed by atoms with E-state index < -0.39 is 11.8 Å². The predicted molar refractivity (Wildman–Crippen MR) is 121 cm³/mol. The Balaban J connectivity index is 1.80. The molecule has 1 N–H and O–H groups in total. The number of anilines is 2. The van der Waals surface area contributed by atoms with Gasteiger partial charge in [0.05, 0.1) is 17.9 Å². The van der Waals surface area contributed by atoms with E-state index in [0.717, 1.165) is 10.5 Å². The molecule has 0 saturated heterocycles. The molecular weight excluding hydrogens is 420 g/mol. The maximum Gasteiger partial charge on any atom is 0.282 e. The molecule has 0 atom stereocenters. The monoisotopic (exact) mass is 438 g/mol. The van der Waals surface area contributed by atoms with Gasteiger partial charge in [0.2, 0.25) is 0 Å². The number of halogens is 1. The zero-order chi connectivity index (χ0) is 21.3. The molecule has 3 aromatic rings. The molecule has 0 unspecified atom stereocenters. The molecule has 0 aliphatic carbocycles. The standard InChI is InChI=1S/C23H19ClN2O3S/c1-3-29-18-8-5-4-7-17(18)26-22(27)20(19-9-6-12-30-19)21(23(26)28)25-15-11-10-14(2)16(24)13-15/h4-13,25H,3H2,1-2H3. The maximum atomic E-state index is 13.4. The largest absolute Gasteiger partial charge is 0.492 e. The van der Waals surface area contributed by atoms with Crippen LogP contribution in [-0.2, 0) is 9.59 Å². The van der Waals surface area contributed by atoms with Gasteiger partial charge in [0.25, 0.3) is 11.8 Å². The zero-order valence-electron chi connectivity index (χ0n) is 16.4. The van der Waals surface area contributed by atoms with Gasteiger partial charge in [0.15, 0.2) is 0 Å². The lowest BCUT2D eigenvalue weighted by Crippen LogP contribution is -2.32. The Morgan fingerprint density at radius 3 is 2.57 bits per heavy atom.